The van der Waals surface area contributed by atoms with Crippen LogP contribution in [0.2, 0.25) is 0 Å². The van der Waals surface area contributed by atoms with Crippen molar-refractivity contribution >= 4 is 33.2 Å². The van der Waals surface area contributed by atoms with Crippen molar-refractivity contribution < 1.29 is 18.0 Å². The van der Waals surface area contributed by atoms with Gasteiger partial charge in [-0.3, -0.25) is 9.59 Å². The minimum absolute atomic E-state index is 0.00509. The third-order valence-corrected chi connectivity index (χ3v) is 8.75. The largest absolute Gasteiger partial charge is 0.359 e. The van der Waals surface area contributed by atoms with Crippen molar-refractivity contribution in [2.75, 3.05) is 26.7 Å². The van der Waals surface area contributed by atoms with Crippen LogP contribution in [-0.4, -0.2) is 56.1 Å². The molecule has 2 aliphatic heterocycles. The molecule has 1 fully saturated rings. The summed E-state index contributed by atoms with van der Waals surface area (Å²) in [4.78, 5) is 27.8. The van der Waals surface area contributed by atoms with Gasteiger partial charge in [0.25, 0.3) is 5.91 Å². The van der Waals surface area contributed by atoms with Crippen LogP contribution in [0.15, 0.2) is 40.6 Å². The first-order valence-electron chi connectivity index (χ1n) is 10.1. The lowest BCUT2D eigenvalue weighted by molar-refractivity contribution is -0.125. The van der Waals surface area contributed by atoms with Crippen LogP contribution in [0.3, 0.4) is 0 Å². The Balaban J connectivity index is 1.49. The number of likely N-dealkylation sites (tertiary alicyclic amines) is 1. The summed E-state index contributed by atoms with van der Waals surface area (Å²) in [5.41, 5.74) is 1.42. The third kappa shape index (κ3) is 4.01. The van der Waals surface area contributed by atoms with Gasteiger partial charge in [-0.1, -0.05) is 6.07 Å². The molecule has 2 amide bonds. The van der Waals surface area contributed by atoms with E-state index in [2.05, 4.69) is 5.32 Å². The molecule has 4 rings (SSSR count). The van der Waals surface area contributed by atoms with E-state index in [1.807, 2.05) is 11.4 Å². The van der Waals surface area contributed by atoms with E-state index in [0.29, 0.717) is 51.0 Å². The van der Waals surface area contributed by atoms with Crippen molar-refractivity contribution in [3.05, 3.63) is 51.7 Å². The number of carbonyl (C=O) groups excluding carboxylic acids is 2. The molecule has 3 heterocycles. The van der Waals surface area contributed by atoms with E-state index in [1.54, 1.807) is 41.5 Å². The molecule has 30 heavy (non-hydrogen) atoms. The number of amides is 2. The molecule has 1 aromatic heterocycles. The second-order valence-electron chi connectivity index (χ2n) is 7.67. The number of benzene rings is 1. The topological polar surface area (TPSA) is 86.8 Å². The highest BCUT2D eigenvalue weighted by atomic mass is 32.2. The maximum atomic E-state index is 13.2. The number of sulfonamides is 1. The lowest BCUT2D eigenvalue weighted by atomic mass is 9.95. The lowest BCUT2D eigenvalue weighted by Crippen LogP contribution is -2.42. The van der Waals surface area contributed by atoms with Gasteiger partial charge in [0, 0.05) is 49.6 Å². The van der Waals surface area contributed by atoms with Crippen LogP contribution in [-0.2, 0) is 27.8 Å². The molecule has 1 saturated heterocycles. The molecule has 7 nitrogen and oxygen atoms in total. The summed E-state index contributed by atoms with van der Waals surface area (Å²) in [6.45, 7) is 1.79. The average Bonchev–Trinajstić information content (AvgIpc) is 3.26. The predicted octanol–water partition coefficient (Wildman–Crippen LogP) is 2.09. The second-order valence-corrected chi connectivity index (χ2v) is 10.6. The highest BCUT2D eigenvalue weighted by Gasteiger charge is 2.31. The number of rotatable bonds is 4. The van der Waals surface area contributed by atoms with Crippen molar-refractivity contribution in [2.24, 2.45) is 5.92 Å². The number of piperidine rings is 1. The Labute approximate surface area is 180 Å². The fourth-order valence-corrected chi connectivity index (χ4v) is 6.45. The van der Waals surface area contributed by atoms with E-state index in [-0.39, 0.29) is 22.6 Å². The van der Waals surface area contributed by atoms with Gasteiger partial charge in [0.2, 0.25) is 15.9 Å². The SMILES string of the molecule is CNC(=O)C1CCN(C(=O)c2cccc(S(=O)(=O)N3CCc4sccc4C3)c2)CC1. The summed E-state index contributed by atoms with van der Waals surface area (Å²) < 4.78 is 27.8. The molecule has 0 atom stereocenters. The van der Waals surface area contributed by atoms with E-state index in [9.17, 15) is 18.0 Å². The van der Waals surface area contributed by atoms with Gasteiger partial charge in [-0.05, 0) is 54.5 Å². The summed E-state index contributed by atoms with van der Waals surface area (Å²) >= 11 is 1.66. The lowest BCUT2D eigenvalue weighted by Gasteiger charge is -2.31. The number of hydrogen-bond donors (Lipinski definition) is 1. The molecular weight excluding hydrogens is 422 g/mol. The Morgan fingerprint density at radius 1 is 1.13 bits per heavy atom. The molecule has 1 N–H and O–H groups in total. The number of fused-ring (bicyclic) bond motifs is 1. The van der Waals surface area contributed by atoms with Gasteiger partial charge < -0.3 is 10.2 Å². The van der Waals surface area contributed by atoms with Crippen LogP contribution < -0.4 is 5.32 Å². The van der Waals surface area contributed by atoms with E-state index >= 15 is 0 Å². The summed E-state index contributed by atoms with van der Waals surface area (Å²) in [6.07, 6.45) is 1.94. The number of thiophene rings is 1. The molecule has 9 heteroatoms. The van der Waals surface area contributed by atoms with Crippen molar-refractivity contribution in [3.63, 3.8) is 0 Å². The Morgan fingerprint density at radius 2 is 1.90 bits per heavy atom. The van der Waals surface area contributed by atoms with Crippen LogP contribution in [0.5, 0.6) is 0 Å². The van der Waals surface area contributed by atoms with E-state index in [0.717, 1.165) is 5.56 Å². The van der Waals surface area contributed by atoms with Crippen molar-refractivity contribution in [3.8, 4) is 0 Å². The normalized spacial score (nSPS) is 18.1. The highest BCUT2D eigenvalue weighted by molar-refractivity contribution is 7.89. The Morgan fingerprint density at radius 3 is 2.63 bits per heavy atom. The molecule has 0 saturated carbocycles. The molecule has 160 valence electrons. The van der Waals surface area contributed by atoms with Gasteiger partial charge in [0.15, 0.2) is 0 Å². The fourth-order valence-electron chi connectivity index (χ4n) is 4.10. The van der Waals surface area contributed by atoms with Gasteiger partial charge in [0.05, 0.1) is 4.90 Å². The van der Waals surface area contributed by atoms with Crippen LogP contribution in [0.1, 0.15) is 33.6 Å². The Hall–Kier alpha value is -2.23. The standard InChI is InChI=1S/C21H25N3O4S2/c1-22-20(25)15-5-9-23(10-6-15)21(26)16-3-2-4-18(13-16)30(27,28)24-11-7-19-17(14-24)8-12-29-19/h2-4,8,12-13,15H,5-7,9-11,14H2,1H3,(H,22,25). The molecule has 1 aromatic carbocycles. The molecule has 0 unspecified atom stereocenters. The minimum atomic E-state index is -3.68. The van der Waals surface area contributed by atoms with Crippen LogP contribution >= 0.6 is 11.3 Å². The van der Waals surface area contributed by atoms with Gasteiger partial charge >= 0.3 is 0 Å². The zero-order chi connectivity index (χ0) is 21.3. The first kappa shape index (κ1) is 21.0. The van der Waals surface area contributed by atoms with Crippen LogP contribution in [0.25, 0.3) is 0 Å². The first-order valence-corrected chi connectivity index (χ1v) is 12.4. The molecule has 2 aliphatic rings. The fraction of sp³-hybridized carbons (Fsp3) is 0.429. The Kier molecular flexibility index (Phi) is 5.95. The second kappa shape index (κ2) is 8.49. The predicted molar refractivity (Wildman–Crippen MR) is 115 cm³/mol. The molecule has 0 spiro atoms. The molecule has 0 aliphatic carbocycles. The maximum absolute atomic E-state index is 13.2. The number of nitrogens with one attached hydrogen (secondary N) is 1. The Bertz CT molecular complexity index is 1060. The molecule has 0 radical (unpaired) electrons. The van der Waals surface area contributed by atoms with E-state index in [4.69, 9.17) is 0 Å². The minimum Gasteiger partial charge on any atom is -0.359 e. The van der Waals surface area contributed by atoms with Gasteiger partial charge in [-0.2, -0.15) is 4.31 Å². The van der Waals surface area contributed by atoms with E-state index < -0.39 is 10.0 Å². The van der Waals surface area contributed by atoms with Gasteiger partial charge in [0.1, 0.15) is 0 Å². The summed E-state index contributed by atoms with van der Waals surface area (Å²) in [5, 5.41) is 4.65. The monoisotopic (exact) mass is 447 g/mol. The van der Waals surface area contributed by atoms with Gasteiger partial charge in [-0.25, -0.2) is 8.42 Å². The summed E-state index contributed by atoms with van der Waals surface area (Å²) in [7, 11) is -2.06. The summed E-state index contributed by atoms with van der Waals surface area (Å²) in [6, 6.07) is 8.28. The van der Waals surface area contributed by atoms with E-state index in [1.165, 1.54) is 15.2 Å². The molecular formula is C21H25N3O4S2. The highest BCUT2D eigenvalue weighted by Crippen LogP contribution is 2.28. The van der Waals surface area contributed by atoms with Crippen molar-refractivity contribution in [1.29, 1.82) is 0 Å². The quantitative estimate of drug-likeness (QED) is 0.778. The van der Waals surface area contributed by atoms with Crippen LogP contribution in [0.4, 0.5) is 0 Å². The maximum Gasteiger partial charge on any atom is 0.253 e. The third-order valence-electron chi connectivity index (χ3n) is 5.89. The molecule has 2 aromatic rings. The summed E-state index contributed by atoms with van der Waals surface area (Å²) in [5.74, 6) is -0.265. The average molecular weight is 448 g/mol. The number of nitrogens with zero attached hydrogens (tertiary/aromatic N) is 2. The first-order chi connectivity index (χ1) is 14.4. The van der Waals surface area contributed by atoms with Gasteiger partial charge in [-0.15, -0.1) is 11.3 Å². The number of hydrogen-bond acceptors (Lipinski definition) is 5. The van der Waals surface area contributed by atoms with Crippen LogP contribution in [0, 0.1) is 5.92 Å². The van der Waals surface area contributed by atoms with Crippen molar-refractivity contribution in [2.45, 2.75) is 30.7 Å². The molecule has 0 bridgehead atoms. The zero-order valence-corrected chi connectivity index (χ0v) is 18.5. The smallest absolute Gasteiger partial charge is 0.253 e. The van der Waals surface area contributed by atoms with Crippen molar-refractivity contribution in [1.82, 2.24) is 14.5 Å². The number of carbonyl (C=O) groups is 2. The zero-order valence-electron chi connectivity index (χ0n) is 16.8.